The molecule has 0 saturated heterocycles. The van der Waals surface area contributed by atoms with Crippen LogP contribution in [-0.2, 0) is 4.74 Å². The second kappa shape index (κ2) is 4.50. The summed E-state index contributed by atoms with van der Waals surface area (Å²) in [5.74, 6) is -0.877. The van der Waals surface area contributed by atoms with Gasteiger partial charge in [0.1, 0.15) is 11.5 Å². The zero-order chi connectivity index (χ0) is 11.4. The quantitative estimate of drug-likeness (QED) is 0.743. The van der Waals surface area contributed by atoms with Crippen molar-refractivity contribution in [2.45, 2.75) is 6.92 Å². The molecule has 0 bridgehead atoms. The summed E-state index contributed by atoms with van der Waals surface area (Å²) < 4.78 is 5.12. The number of benzene rings is 1. The third-order valence-corrected chi connectivity index (χ3v) is 1.81. The van der Waals surface area contributed by atoms with Gasteiger partial charge in [-0.05, 0) is 25.1 Å². The second-order valence-electron chi connectivity index (χ2n) is 2.93. The first-order valence-electron chi connectivity index (χ1n) is 4.44. The number of phenols is 1. The van der Waals surface area contributed by atoms with Gasteiger partial charge in [-0.2, -0.15) is 0 Å². The van der Waals surface area contributed by atoms with Gasteiger partial charge in [0, 0.05) is 5.56 Å². The van der Waals surface area contributed by atoms with E-state index in [1.54, 1.807) is 6.92 Å². The number of hydrogen-bond acceptors (Lipinski definition) is 3. The van der Waals surface area contributed by atoms with Crippen molar-refractivity contribution >= 4 is 11.7 Å². The van der Waals surface area contributed by atoms with E-state index < -0.39 is 5.97 Å². The van der Waals surface area contributed by atoms with Crippen molar-refractivity contribution in [2.24, 2.45) is 0 Å². The van der Waals surface area contributed by atoms with E-state index in [1.807, 2.05) is 0 Å². The molecule has 1 rings (SSSR count). The van der Waals surface area contributed by atoms with Gasteiger partial charge in [-0.1, -0.05) is 6.58 Å². The molecular weight excluding hydrogens is 196 g/mol. The lowest BCUT2D eigenvalue weighted by molar-refractivity contribution is 0.0696. The fraction of sp³-hybridized carbons (Fsp3) is 0.182. The van der Waals surface area contributed by atoms with Gasteiger partial charge in [-0.15, -0.1) is 0 Å². The summed E-state index contributed by atoms with van der Waals surface area (Å²) in [4.78, 5) is 10.7. The molecule has 4 nitrogen and oxygen atoms in total. The van der Waals surface area contributed by atoms with Crippen LogP contribution in [-0.4, -0.2) is 22.8 Å². The van der Waals surface area contributed by atoms with Gasteiger partial charge in [0.25, 0.3) is 0 Å². The van der Waals surface area contributed by atoms with Crippen LogP contribution < -0.4 is 0 Å². The molecule has 0 aliphatic heterocycles. The first-order chi connectivity index (χ1) is 7.04. The largest absolute Gasteiger partial charge is 0.508 e. The predicted octanol–water partition coefficient (Wildman–Crippen LogP) is 2.10. The lowest BCUT2D eigenvalue weighted by Gasteiger charge is -2.08. The number of aromatic hydroxyl groups is 1. The minimum Gasteiger partial charge on any atom is -0.508 e. The Morgan fingerprint density at radius 2 is 2.00 bits per heavy atom. The van der Waals surface area contributed by atoms with E-state index in [0.717, 1.165) is 0 Å². The highest BCUT2D eigenvalue weighted by Gasteiger charge is 2.08. The highest BCUT2D eigenvalue weighted by molar-refractivity contribution is 5.89. The average Bonchev–Trinajstić information content (AvgIpc) is 2.17. The summed E-state index contributed by atoms with van der Waals surface area (Å²) in [5.41, 5.74) is 0.472. The zero-order valence-corrected chi connectivity index (χ0v) is 8.36. The highest BCUT2D eigenvalue weighted by Crippen LogP contribution is 2.21. The van der Waals surface area contributed by atoms with Crippen LogP contribution in [0.5, 0.6) is 5.75 Å². The molecule has 15 heavy (non-hydrogen) atoms. The van der Waals surface area contributed by atoms with E-state index in [1.165, 1.54) is 18.2 Å². The molecule has 0 saturated carbocycles. The zero-order valence-electron chi connectivity index (χ0n) is 8.36. The number of phenolic OH excluding ortho intramolecular Hbond substituents is 1. The van der Waals surface area contributed by atoms with E-state index >= 15 is 0 Å². The molecule has 2 N–H and O–H groups in total. The topological polar surface area (TPSA) is 66.8 Å². The third-order valence-electron chi connectivity index (χ3n) is 1.81. The van der Waals surface area contributed by atoms with E-state index in [-0.39, 0.29) is 11.3 Å². The Hall–Kier alpha value is -1.97. The van der Waals surface area contributed by atoms with E-state index in [9.17, 15) is 9.90 Å². The molecule has 0 fully saturated rings. The molecule has 0 aliphatic rings. The SMILES string of the molecule is C=C(OCC)c1cc(O)cc(C(=O)O)c1. The summed E-state index contributed by atoms with van der Waals surface area (Å²) >= 11 is 0. The Labute approximate surface area is 87.4 Å². The van der Waals surface area contributed by atoms with Gasteiger partial charge in [0.2, 0.25) is 0 Å². The number of carboxylic acid groups (broad SMARTS) is 1. The standard InChI is InChI=1S/C11H12O4/c1-3-15-7(2)8-4-9(11(13)14)6-10(12)5-8/h4-6,12H,2-3H2,1H3,(H,13,14). The van der Waals surface area contributed by atoms with Crippen molar-refractivity contribution in [1.82, 2.24) is 0 Å². The van der Waals surface area contributed by atoms with Crippen LogP contribution in [0.2, 0.25) is 0 Å². The Balaban J connectivity index is 3.09. The maximum Gasteiger partial charge on any atom is 0.335 e. The van der Waals surface area contributed by atoms with E-state index in [0.29, 0.717) is 17.9 Å². The van der Waals surface area contributed by atoms with Crippen molar-refractivity contribution in [2.75, 3.05) is 6.61 Å². The first-order valence-corrected chi connectivity index (χ1v) is 4.44. The van der Waals surface area contributed by atoms with Crippen LogP contribution >= 0.6 is 0 Å². The molecule has 0 aliphatic carbocycles. The van der Waals surface area contributed by atoms with Crippen LogP contribution in [0.3, 0.4) is 0 Å². The molecule has 0 radical (unpaired) electrons. The van der Waals surface area contributed by atoms with Crippen LogP contribution in [0.25, 0.3) is 5.76 Å². The van der Waals surface area contributed by atoms with Gasteiger partial charge in [0.15, 0.2) is 0 Å². The Kier molecular flexibility index (Phi) is 3.33. The molecule has 0 heterocycles. The summed E-state index contributed by atoms with van der Waals surface area (Å²) in [6, 6.07) is 3.98. The van der Waals surface area contributed by atoms with Gasteiger partial charge in [0.05, 0.1) is 12.2 Å². The number of rotatable bonds is 4. The molecule has 4 heteroatoms. The van der Waals surface area contributed by atoms with Gasteiger partial charge in [-0.3, -0.25) is 0 Å². The molecular formula is C11H12O4. The summed E-state index contributed by atoms with van der Waals surface area (Å²) in [7, 11) is 0. The Morgan fingerprint density at radius 3 is 2.53 bits per heavy atom. The highest BCUT2D eigenvalue weighted by atomic mass is 16.5. The lowest BCUT2D eigenvalue weighted by Crippen LogP contribution is -1.98. The molecule has 0 atom stereocenters. The van der Waals surface area contributed by atoms with E-state index in [2.05, 4.69) is 6.58 Å². The van der Waals surface area contributed by atoms with Crippen molar-refractivity contribution in [1.29, 1.82) is 0 Å². The predicted molar refractivity (Wildman–Crippen MR) is 55.7 cm³/mol. The molecule has 1 aromatic rings. The summed E-state index contributed by atoms with van der Waals surface area (Å²) in [6.45, 7) is 5.87. The minimum absolute atomic E-state index is 0.00542. The third kappa shape index (κ3) is 2.74. The lowest BCUT2D eigenvalue weighted by atomic mass is 10.1. The van der Waals surface area contributed by atoms with Crippen molar-refractivity contribution < 1.29 is 19.7 Å². The normalized spacial score (nSPS) is 9.67. The van der Waals surface area contributed by atoms with Crippen LogP contribution in [0, 0.1) is 0 Å². The number of hydrogen-bond donors (Lipinski definition) is 2. The van der Waals surface area contributed by atoms with Crippen LogP contribution in [0.15, 0.2) is 24.8 Å². The first kappa shape index (κ1) is 11.1. The van der Waals surface area contributed by atoms with Crippen LogP contribution in [0.4, 0.5) is 0 Å². The number of aromatic carboxylic acids is 1. The monoisotopic (exact) mass is 208 g/mol. The minimum atomic E-state index is -1.10. The number of carboxylic acids is 1. The molecule has 1 aromatic carbocycles. The molecule has 0 unspecified atom stereocenters. The second-order valence-corrected chi connectivity index (χ2v) is 2.93. The maximum atomic E-state index is 10.7. The number of ether oxygens (including phenoxy) is 1. The smallest absolute Gasteiger partial charge is 0.335 e. The van der Waals surface area contributed by atoms with Gasteiger partial charge in [-0.25, -0.2) is 4.79 Å². The van der Waals surface area contributed by atoms with Crippen molar-refractivity contribution in [3.8, 4) is 5.75 Å². The maximum absolute atomic E-state index is 10.7. The molecule has 80 valence electrons. The average molecular weight is 208 g/mol. The van der Waals surface area contributed by atoms with Crippen molar-refractivity contribution in [3.05, 3.63) is 35.9 Å². The van der Waals surface area contributed by atoms with E-state index in [4.69, 9.17) is 9.84 Å². The van der Waals surface area contributed by atoms with Gasteiger partial charge >= 0.3 is 5.97 Å². The summed E-state index contributed by atoms with van der Waals surface area (Å²) in [5, 5.41) is 18.1. The molecule has 0 aromatic heterocycles. The molecule has 0 spiro atoms. The summed E-state index contributed by atoms with van der Waals surface area (Å²) in [6.07, 6.45) is 0. The van der Waals surface area contributed by atoms with Crippen LogP contribution in [0.1, 0.15) is 22.8 Å². The fourth-order valence-corrected chi connectivity index (χ4v) is 1.15. The molecule has 0 amide bonds. The fourth-order valence-electron chi connectivity index (χ4n) is 1.15. The number of carbonyl (C=O) groups is 1. The van der Waals surface area contributed by atoms with Crippen molar-refractivity contribution in [3.63, 3.8) is 0 Å². The Morgan fingerprint density at radius 1 is 1.40 bits per heavy atom. The Bertz CT molecular complexity index is 396. The van der Waals surface area contributed by atoms with Gasteiger partial charge < -0.3 is 14.9 Å².